The molecule has 18 heavy (non-hydrogen) atoms. The summed E-state index contributed by atoms with van der Waals surface area (Å²) in [5.41, 5.74) is 2.30. The molecule has 98 valence electrons. The monoisotopic (exact) mass is 246 g/mol. The fourth-order valence-electron chi connectivity index (χ4n) is 2.64. The second kappa shape index (κ2) is 6.55. The number of carbonyl (C=O) groups excluding carboxylic acids is 1. The molecule has 2 rings (SSSR count). The lowest BCUT2D eigenvalue weighted by Crippen LogP contribution is -2.25. The Hall–Kier alpha value is -1.35. The zero-order valence-corrected chi connectivity index (χ0v) is 11.0. The van der Waals surface area contributed by atoms with Crippen molar-refractivity contribution in [3.05, 3.63) is 29.8 Å². The highest BCUT2D eigenvalue weighted by atomic mass is 16.1. The van der Waals surface area contributed by atoms with Gasteiger partial charge in [-0.3, -0.25) is 4.79 Å². The molecular formula is C15H22N2O. The Morgan fingerprint density at radius 1 is 1.17 bits per heavy atom. The number of benzene rings is 1. The first-order valence-electron chi connectivity index (χ1n) is 6.84. The number of rotatable bonds is 4. The van der Waals surface area contributed by atoms with E-state index in [1.165, 1.54) is 37.7 Å². The summed E-state index contributed by atoms with van der Waals surface area (Å²) in [7, 11) is 1.77. The highest BCUT2D eigenvalue weighted by Gasteiger charge is 2.15. The maximum Gasteiger partial charge on any atom is 0.238 e. The third-order valence-corrected chi connectivity index (χ3v) is 3.61. The SMILES string of the molecule is CNCC(=O)Nc1ccc(C2CCCCC2)cc1. The van der Waals surface area contributed by atoms with Crippen LogP contribution in [0, 0.1) is 0 Å². The third kappa shape index (κ3) is 3.57. The van der Waals surface area contributed by atoms with Gasteiger partial charge >= 0.3 is 0 Å². The number of likely N-dealkylation sites (N-methyl/N-ethyl adjacent to an activating group) is 1. The predicted octanol–water partition coefficient (Wildman–Crippen LogP) is 2.89. The molecule has 1 aliphatic carbocycles. The van der Waals surface area contributed by atoms with Gasteiger partial charge in [0.2, 0.25) is 5.91 Å². The average molecular weight is 246 g/mol. The van der Waals surface area contributed by atoms with Crippen LogP contribution in [0.4, 0.5) is 5.69 Å². The summed E-state index contributed by atoms with van der Waals surface area (Å²) in [5.74, 6) is 0.726. The maximum absolute atomic E-state index is 11.4. The molecule has 3 heteroatoms. The van der Waals surface area contributed by atoms with Crippen molar-refractivity contribution >= 4 is 11.6 Å². The quantitative estimate of drug-likeness (QED) is 0.857. The normalized spacial score (nSPS) is 16.5. The van der Waals surface area contributed by atoms with Crippen molar-refractivity contribution in [3.8, 4) is 0 Å². The van der Waals surface area contributed by atoms with E-state index in [4.69, 9.17) is 0 Å². The Bertz CT molecular complexity index is 380. The Balaban J connectivity index is 1.94. The molecule has 1 aromatic carbocycles. The molecule has 0 saturated heterocycles. The first-order valence-corrected chi connectivity index (χ1v) is 6.84. The van der Waals surface area contributed by atoms with Gasteiger partial charge < -0.3 is 10.6 Å². The van der Waals surface area contributed by atoms with Crippen molar-refractivity contribution in [1.82, 2.24) is 5.32 Å². The van der Waals surface area contributed by atoms with Crippen molar-refractivity contribution in [2.45, 2.75) is 38.0 Å². The Labute approximate surface area is 109 Å². The molecule has 3 nitrogen and oxygen atoms in total. The van der Waals surface area contributed by atoms with Crippen LogP contribution < -0.4 is 10.6 Å². The molecule has 0 bridgehead atoms. The fraction of sp³-hybridized carbons (Fsp3) is 0.533. The van der Waals surface area contributed by atoms with Gasteiger partial charge in [0, 0.05) is 5.69 Å². The van der Waals surface area contributed by atoms with Gasteiger partial charge in [-0.05, 0) is 43.5 Å². The fourth-order valence-corrected chi connectivity index (χ4v) is 2.64. The Kier molecular flexibility index (Phi) is 4.76. The molecule has 1 fully saturated rings. The zero-order chi connectivity index (χ0) is 12.8. The summed E-state index contributed by atoms with van der Waals surface area (Å²) >= 11 is 0. The summed E-state index contributed by atoms with van der Waals surface area (Å²) in [4.78, 5) is 11.4. The van der Waals surface area contributed by atoms with Gasteiger partial charge in [0.25, 0.3) is 0 Å². The van der Waals surface area contributed by atoms with E-state index in [-0.39, 0.29) is 5.91 Å². The smallest absolute Gasteiger partial charge is 0.238 e. The van der Waals surface area contributed by atoms with Gasteiger partial charge in [0.1, 0.15) is 0 Å². The van der Waals surface area contributed by atoms with Gasteiger partial charge in [-0.25, -0.2) is 0 Å². The van der Waals surface area contributed by atoms with E-state index in [0.717, 1.165) is 11.6 Å². The minimum Gasteiger partial charge on any atom is -0.325 e. The first kappa shape index (κ1) is 13.1. The largest absolute Gasteiger partial charge is 0.325 e. The Morgan fingerprint density at radius 3 is 2.44 bits per heavy atom. The van der Waals surface area contributed by atoms with Crippen LogP contribution in [-0.4, -0.2) is 19.5 Å². The summed E-state index contributed by atoms with van der Waals surface area (Å²) in [6, 6.07) is 8.34. The summed E-state index contributed by atoms with van der Waals surface area (Å²) in [6.07, 6.45) is 6.71. The first-order chi connectivity index (χ1) is 8.79. The lowest BCUT2D eigenvalue weighted by atomic mass is 9.84. The number of nitrogens with one attached hydrogen (secondary N) is 2. The summed E-state index contributed by atoms with van der Waals surface area (Å²) in [6.45, 7) is 0.352. The van der Waals surface area contributed by atoms with Crippen molar-refractivity contribution in [2.24, 2.45) is 0 Å². The predicted molar refractivity (Wildman–Crippen MR) is 74.8 cm³/mol. The van der Waals surface area contributed by atoms with Crippen molar-refractivity contribution in [2.75, 3.05) is 18.9 Å². The highest BCUT2D eigenvalue weighted by molar-refractivity contribution is 5.92. The molecule has 0 radical (unpaired) electrons. The van der Waals surface area contributed by atoms with Crippen LogP contribution in [0.25, 0.3) is 0 Å². The van der Waals surface area contributed by atoms with Crippen LogP contribution in [-0.2, 0) is 4.79 Å². The minimum atomic E-state index is 0.00270. The Morgan fingerprint density at radius 2 is 1.83 bits per heavy atom. The van der Waals surface area contributed by atoms with Gasteiger partial charge in [0.05, 0.1) is 6.54 Å². The van der Waals surface area contributed by atoms with Crippen LogP contribution in [0.1, 0.15) is 43.6 Å². The summed E-state index contributed by atoms with van der Waals surface area (Å²) in [5, 5.41) is 5.71. The van der Waals surface area contributed by atoms with E-state index < -0.39 is 0 Å². The molecule has 1 aliphatic rings. The maximum atomic E-state index is 11.4. The molecule has 0 unspecified atom stereocenters. The molecule has 1 aromatic rings. The van der Waals surface area contributed by atoms with Crippen molar-refractivity contribution in [3.63, 3.8) is 0 Å². The lowest BCUT2D eigenvalue weighted by molar-refractivity contribution is -0.115. The zero-order valence-electron chi connectivity index (χ0n) is 11.0. The molecule has 1 saturated carbocycles. The molecule has 1 amide bonds. The standard InChI is InChI=1S/C15H22N2O/c1-16-11-15(18)17-14-9-7-13(8-10-14)12-5-3-2-4-6-12/h7-10,12,16H,2-6,11H2,1H3,(H,17,18). The second-order valence-electron chi connectivity index (χ2n) is 5.04. The van der Waals surface area contributed by atoms with Crippen molar-refractivity contribution in [1.29, 1.82) is 0 Å². The van der Waals surface area contributed by atoms with E-state index in [2.05, 4.69) is 22.8 Å². The van der Waals surface area contributed by atoms with Crippen LogP contribution in [0.15, 0.2) is 24.3 Å². The van der Waals surface area contributed by atoms with E-state index in [1.54, 1.807) is 7.05 Å². The van der Waals surface area contributed by atoms with Crippen LogP contribution in [0.5, 0.6) is 0 Å². The molecule has 0 aliphatic heterocycles. The minimum absolute atomic E-state index is 0.00270. The number of anilines is 1. The lowest BCUT2D eigenvalue weighted by Gasteiger charge is -2.22. The van der Waals surface area contributed by atoms with E-state index in [1.807, 2.05) is 12.1 Å². The van der Waals surface area contributed by atoms with Crippen LogP contribution in [0.2, 0.25) is 0 Å². The molecule has 0 atom stereocenters. The van der Waals surface area contributed by atoms with Gasteiger partial charge in [-0.1, -0.05) is 31.4 Å². The van der Waals surface area contributed by atoms with Crippen LogP contribution >= 0.6 is 0 Å². The van der Waals surface area contributed by atoms with Gasteiger partial charge in [-0.2, -0.15) is 0 Å². The molecule has 2 N–H and O–H groups in total. The van der Waals surface area contributed by atoms with Gasteiger partial charge in [-0.15, -0.1) is 0 Å². The molecule has 0 aromatic heterocycles. The van der Waals surface area contributed by atoms with Crippen LogP contribution in [0.3, 0.4) is 0 Å². The topological polar surface area (TPSA) is 41.1 Å². The van der Waals surface area contributed by atoms with E-state index >= 15 is 0 Å². The summed E-state index contributed by atoms with van der Waals surface area (Å²) < 4.78 is 0. The second-order valence-corrected chi connectivity index (χ2v) is 5.04. The number of hydrogen-bond donors (Lipinski definition) is 2. The van der Waals surface area contributed by atoms with Gasteiger partial charge in [0.15, 0.2) is 0 Å². The molecule has 0 spiro atoms. The third-order valence-electron chi connectivity index (χ3n) is 3.61. The number of carbonyl (C=O) groups is 1. The average Bonchev–Trinajstić information content (AvgIpc) is 2.41. The van der Waals surface area contributed by atoms with E-state index in [9.17, 15) is 4.79 Å². The van der Waals surface area contributed by atoms with E-state index in [0.29, 0.717) is 6.54 Å². The molecule has 0 heterocycles. The number of hydrogen-bond acceptors (Lipinski definition) is 2. The van der Waals surface area contributed by atoms with Crippen molar-refractivity contribution < 1.29 is 4.79 Å². The molecular weight excluding hydrogens is 224 g/mol. The number of amides is 1. The highest BCUT2D eigenvalue weighted by Crippen LogP contribution is 2.32.